The first kappa shape index (κ1) is 17.8. The quantitative estimate of drug-likeness (QED) is 0.738. The number of nitrogens with zero attached hydrogens (tertiary/aromatic N) is 3. The highest BCUT2D eigenvalue weighted by atomic mass is 16.5. The monoisotopic (exact) mass is 350 g/mol. The molecule has 6 heteroatoms. The molecule has 0 unspecified atom stereocenters. The minimum absolute atomic E-state index is 0.235. The zero-order valence-electron chi connectivity index (χ0n) is 15.2. The largest absolute Gasteiger partial charge is 0.378 e. The molecule has 3 aromatic rings. The average Bonchev–Trinajstić information content (AvgIpc) is 3.08. The van der Waals surface area contributed by atoms with Crippen LogP contribution in [0.2, 0.25) is 0 Å². The minimum atomic E-state index is -0.289. The predicted molar refractivity (Wildman–Crippen MR) is 101 cm³/mol. The Balaban J connectivity index is 1.97. The number of carbonyl (C=O) groups excluding carboxylic acids is 1. The van der Waals surface area contributed by atoms with E-state index in [1.54, 1.807) is 11.8 Å². The summed E-state index contributed by atoms with van der Waals surface area (Å²) >= 11 is 0. The Kier molecular flexibility index (Phi) is 5.43. The zero-order chi connectivity index (χ0) is 18.5. The summed E-state index contributed by atoms with van der Waals surface area (Å²) in [6.45, 7) is 4.27. The molecule has 0 saturated carbocycles. The summed E-state index contributed by atoms with van der Waals surface area (Å²) in [4.78, 5) is 12.9. The standard InChI is InChI=1S/C20H22N4O2/c1-4-15-10-8-9-14(2)18(15)21-20(25)19-17(13-26-3)24(23-22-19)16-11-6-5-7-12-16/h5-12H,4,13H2,1-3H3,(H,21,25). The molecule has 134 valence electrons. The van der Waals surface area contributed by atoms with Gasteiger partial charge in [-0.3, -0.25) is 4.79 Å². The Hall–Kier alpha value is -2.99. The number of para-hydroxylation sites is 2. The second-order valence-electron chi connectivity index (χ2n) is 5.98. The van der Waals surface area contributed by atoms with Gasteiger partial charge in [0.2, 0.25) is 0 Å². The molecule has 26 heavy (non-hydrogen) atoms. The van der Waals surface area contributed by atoms with Gasteiger partial charge < -0.3 is 10.1 Å². The second-order valence-corrected chi connectivity index (χ2v) is 5.98. The number of hydrogen-bond donors (Lipinski definition) is 1. The molecular formula is C20H22N4O2. The van der Waals surface area contributed by atoms with E-state index in [0.29, 0.717) is 5.69 Å². The Morgan fingerprint density at radius 2 is 1.92 bits per heavy atom. The molecular weight excluding hydrogens is 328 g/mol. The van der Waals surface area contributed by atoms with Crippen LogP contribution in [-0.4, -0.2) is 28.0 Å². The number of rotatable bonds is 6. The van der Waals surface area contributed by atoms with E-state index in [1.165, 1.54) is 0 Å². The highest BCUT2D eigenvalue weighted by molar-refractivity contribution is 6.04. The van der Waals surface area contributed by atoms with Crippen molar-refractivity contribution >= 4 is 11.6 Å². The third-order valence-corrected chi connectivity index (χ3v) is 4.24. The van der Waals surface area contributed by atoms with E-state index >= 15 is 0 Å². The van der Waals surface area contributed by atoms with Crippen molar-refractivity contribution in [3.05, 3.63) is 71.0 Å². The average molecular weight is 350 g/mol. The van der Waals surface area contributed by atoms with Gasteiger partial charge in [-0.2, -0.15) is 0 Å². The van der Waals surface area contributed by atoms with Gasteiger partial charge >= 0.3 is 0 Å². The lowest BCUT2D eigenvalue weighted by atomic mass is 10.1. The molecule has 1 heterocycles. The van der Waals surface area contributed by atoms with E-state index < -0.39 is 0 Å². The summed E-state index contributed by atoms with van der Waals surface area (Å²) in [6.07, 6.45) is 0.832. The van der Waals surface area contributed by atoms with Gasteiger partial charge in [0.05, 0.1) is 12.3 Å². The smallest absolute Gasteiger partial charge is 0.278 e. The molecule has 0 spiro atoms. The number of benzene rings is 2. The van der Waals surface area contributed by atoms with Crippen LogP contribution in [0.15, 0.2) is 48.5 Å². The van der Waals surface area contributed by atoms with Gasteiger partial charge in [-0.15, -0.1) is 5.10 Å². The first-order chi connectivity index (χ1) is 12.7. The van der Waals surface area contributed by atoms with E-state index in [1.807, 2.05) is 55.5 Å². The number of ether oxygens (including phenoxy) is 1. The van der Waals surface area contributed by atoms with Crippen molar-refractivity contribution in [2.45, 2.75) is 26.9 Å². The van der Waals surface area contributed by atoms with Crippen LogP contribution in [0.5, 0.6) is 0 Å². The van der Waals surface area contributed by atoms with Gasteiger partial charge in [0.15, 0.2) is 5.69 Å². The van der Waals surface area contributed by atoms with Crippen molar-refractivity contribution in [3.63, 3.8) is 0 Å². The van der Waals surface area contributed by atoms with Crippen LogP contribution >= 0.6 is 0 Å². The van der Waals surface area contributed by atoms with E-state index in [9.17, 15) is 4.79 Å². The minimum Gasteiger partial charge on any atom is -0.378 e. The summed E-state index contributed by atoms with van der Waals surface area (Å²) in [7, 11) is 1.58. The van der Waals surface area contributed by atoms with Crippen LogP contribution in [0.3, 0.4) is 0 Å². The summed E-state index contributed by atoms with van der Waals surface area (Å²) in [5, 5.41) is 11.3. The first-order valence-corrected chi connectivity index (χ1v) is 8.54. The van der Waals surface area contributed by atoms with E-state index in [2.05, 4.69) is 22.6 Å². The van der Waals surface area contributed by atoms with Crippen LogP contribution in [0.1, 0.15) is 34.2 Å². The number of hydrogen-bond acceptors (Lipinski definition) is 4. The van der Waals surface area contributed by atoms with Gasteiger partial charge in [-0.25, -0.2) is 4.68 Å². The SMILES string of the molecule is CCc1cccc(C)c1NC(=O)c1nnn(-c2ccccc2)c1COC. The Labute approximate surface area is 152 Å². The fourth-order valence-electron chi connectivity index (χ4n) is 2.90. The van der Waals surface area contributed by atoms with Gasteiger partial charge in [0.25, 0.3) is 5.91 Å². The fourth-order valence-corrected chi connectivity index (χ4v) is 2.90. The van der Waals surface area contributed by atoms with Crippen LogP contribution in [0.4, 0.5) is 5.69 Å². The fraction of sp³-hybridized carbons (Fsp3) is 0.250. The second kappa shape index (κ2) is 7.93. The van der Waals surface area contributed by atoms with Crippen molar-refractivity contribution in [3.8, 4) is 5.69 Å². The molecule has 1 amide bonds. The Bertz CT molecular complexity index is 903. The summed E-state index contributed by atoms with van der Waals surface area (Å²) < 4.78 is 6.91. The number of aryl methyl sites for hydroxylation is 2. The molecule has 0 aliphatic rings. The van der Waals surface area contributed by atoms with Crippen molar-refractivity contribution in [1.82, 2.24) is 15.0 Å². The molecule has 1 aromatic heterocycles. The number of nitrogens with one attached hydrogen (secondary N) is 1. The van der Waals surface area contributed by atoms with Crippen molar-refractivity contribution in [2.24, 2.45) is 0 Å². The lowest BCUT2D eigenvalue weighted by molar-refractivity contribution is 0.101. The predicted octanol–water partition coefficient (Wildman–Crippen LogP) is 3.54. The summed E-state index contributed by atoms with van der Waals surface area (Å²) in [6, 6.07) is 15.5. The topological polar surface area (TPSA) is 69.0 Å². The summed E-state index contributed by atoms with van der Waals surface area (Å²) in [5.74, 6) is -0.289. The third kappa shape index (κ3) is 3.50. The molecule has 0 aliphatic heterocycles. The summed E-state index contributed by atoms with van der Waals surface area (Å²) in [5.41, 5.74) is 4.64. The van der Waals surface area contributed by atoms with Crippen LogP contribution in [0.25, 0.3) is 5.69 Å². The molecule has 0 fully saturated rings. The molecule has 0 bridgehead atoms. The maximum absolute atomic E-state index is 12.9. The van der Waals surface area contributed by atoms with Gasteiger partial charge in [-0.1, -0.05) is 48.5 Å². The first-order valence-electron chi connectivity index (χ1n) is 8.54. The number of methoxy groups -OCH3 is 1. The van der Waals surface area contributed by atoms with E-state index in [0.717, 1.165) is 28.9 Å². The maximum Gasteiger partial charge on any atom is 0.278 e. The Morgan fingerprint density at radius 3 is 2.62 bits per heavy atom. The van der Waals surface area contributed by atoms with Crippen LogP contribution in [0, 0.1) is 6.92 Å². The molecule has 0 aliphatic carbocycles. The molecule has 0 radical (unpaired) electrons. The third-order valence-electron chi connectivity index (χ3n) is 4.24. The van der Waals surface area contributed by atoms with Crippen molar-refractivity contribution < 1.29 is 9.53 Å². The maximum atomic E-state index is 12.9. The molecule has 6 nitrogen and oxygen atoms in total. The van der Waals surface area contributed by atoms with Gasteiger partial charge in [0, 0.05) is 12.8 Å². The number of aromatic nitrogens is 3. The normalized spacial score (nSPS) is 10.7. The Morgan fingerprint density at radius 1 is 1.15 bits per heavy atom. The van der Waals surface area contributed by atoms with Crippen LogP contribution in [-0.2, 0) is 17.8 Å². The molecule has 0 saturated heterocycles. The molecule has 1 N–H and O–H groups in total. The van der Waals surface area contributed by atoms with Crippen molar-refractivity contribution in [1.29, 1.82) is 0 Å². The molecule has 2 aromatic carbocycles. The lowest BCUT2D eigenvalue weighted by Crippen LogP contribution is -2.17. The van der Waals surface area contributed by atoms with E-state index in [-0.39, 0.29) is 18.2 Å². The molecule has 0 atom stereocenters. The number of amides is 1. The van der Waals surface area contributed by atoms with E-state index in [4.69, 9.17) is 4.74 Å². The highest BCUT2D eigenvalue weighted by Gasteiger charge is 2.21. The van der Waals surface area contributed by atoms with Crippen molar-refractivity contribution in [2.75, 3.05) is 12.4 Å². The zero-order valence-corrected chi connectivity index (χ0v) is 15.2. The molecule has 3 rings (SSSR count). The number of carbonyl (C=O) groups is 1. The van der Waals surface area contributed by atoms with Gasteiger partial charge in [0.1, 0.15) is 5.69 Å². The lowest BCUT2D eigenvalue weighted by Gasteiger charge is -2.13. The highest BCUT2D eigenvalue weighted by Crippen LogP contribution is 2.22. The number of anilines is 1. The van der Waals surface area contributed by atoms with Gasteiger partial charge in [-0.05, 0) is 36.6 Å². The van der Waals surface area contributed by atoms with Crippen LogP contribution < -0.4 is 5.32 Å².